The Bertz CT molecular complexity index is 1170. The van der Waals surface area contributed by atoms with Crippen LogP contribution in [0.4, 0.5) is 15.9 Å². The minimum Gasteiger partial charge on any atom is -0.383 e. The number of nitrogen functional groups attached to an aromatic ring is 1. The number of nitrogens with one attached hydrogen (secondary N) is 1. The molecular formula is C21H19FN4O3. The number of nitrogens with zero attached hydrogens (tertiary/aromatic N) is 2. The lowest BCUT2D eigenvalue weighted by molar-refractivity contribution is -0.113. The number of carbonyl (C=O) groups excluding carboxylic acids is 1. The number of carbonyl (C=O) groups is 1. The molecule has 0 bridgehead atoms. The van der Waals surface area contributed by atoms with Crippen LogP contribution in [0.3, 0.4) is 0 Å². The van der Waals surface area contributed by atoms with Crippen molar-refractivity contribution in [1.82, 2.24) is 9.55 Å². The van der Waals surface area contributed by atoms with Crippen molar-refractivity contribution < 1.29 is 9.18 Å². The van der Waals surface area contributed by atoms with Gasteiger partial charge < -0.3 is 10.6 Å². The Balaban J connectivity index is 1.91. The van der Waals surface area contributed by atoms with E-state index < -0.39 is 17.2 Å². The van der Waals surface area contributed by atoms with Crippen molar-refractivity contribution in [2.45, 2.75) is 6.54 Å². The molecule has 0 atom stereocenters. The second-order valence-electron chi connectivity index (χ2n) is 6.35. The first-order valence-electron chi connectivity index (χ1n) is 8.74. The zero-order valence-electron chi connectivity index (χ0n) is 15.6. The molecule has 7 nitrogen and oxygen atoms in total. The van der Waals surface area contributed by atoms with E-state index in [9.17, 15) is 18.8 Å². The normalized spacial score (nSPS) is 11.0. The maximum Gasteiger partial charge on any atom is 0.330 e. The zero-order chi connectivity index (χ0) is 21.0. The smallest absolute Gasteiger partial charge is 0.330 e. The highest BCUT2D eigenvalue weighted by molar-refractivity contribution is 6.04. The molecule has 0 aliphatic rings. The third kappa shape index (κ3) is 4.49. The molecule has 29 heavy (non-hydrogen) atoms. The van der Waals surface area contributed by atoms with Gasteiger partial charge in [0.05, 0.1) is 6.54 Å². The van der Waals surface area contributed by atoms with Crippen molar-refractivity contribution in [3.8, 4) is 0 Å². The highest BCUT2D eigenvalue weighted by Gasteiger charge is 2.19. The van der Waals surface area contributed by atoms with Gasteiger partial charge in [0.15, 0.2) is 5.69 Å². The Morgan fingerprint density at radius 3 is 2.45 bits per heavy atom. The summed E-state index contributed by atoms with van der Waals surface area (Å²) in [6, 6.07) is 14.7. The van der Waals surface area contributed by atoms with Crippen LogP contribution in [0.15, 0.2) is 70.3 Å². The molecule has 0 saturated heterocycles. The number of aromatic nitrogens is 2. The molecule has 3 rings (SSSR count). The van der Waals surface area contributed by atoms with E-state index in [0.29, 0.717) is 5.56 Å². The van der Waals surface area contributed by atoms with E-state index in [0.717, 1.165) is 10.5 Å². The quantitative estimate of drug-likeness (QED) is 0.646. The van der Waals surface area contributed by atoms with Crippen LogP contribution in [-0.2, 0) is 11.3 Å². The zero-order valence-corrected chi connectivity index (χ0v) is 15.6. The Labute approximate surface area is 165 Å². The maximum absolute atomic E-state index is 13.0. The minimum absolute atomic E-state index is 0.117. The second kappa shape index (κ2) is 8.39. The minimum atomic E-state index is -0.761. The molecule has 0 aliphatic carbocycles. The fourth-order valence-corrected chi connectivity index (χ4v) is 2.79. The molecule has 1 aromatic heterocycles. The molecule has 0 saturated carbocycles. The van der Waals surface area contributed by atoms with E-state index >= 15 is 0 Å². The topological polar surface area (TPSA) is 101 Å². The lowest BCUT2D eigenvalue weighted by Gasteiger charge is -2.19. The van der Waals surface area contributed by atoms with Crippen LogP contribution in [-0.4, -0.2) is 22.5 Å². The van der Waals surface area contributed by atoms with Gasteiger partial charge >= 0.3 is 5.69 Å². The molecular weight excluding hydrogens is 375 g/mol. The average Bonchev–Trinajstić information content (AvgIpc) is 2.71. The van der Waals surface area contributed by atoms with Crippen molar-refractivity contribution in [1.29, 1.82) is 0 Å². The van der Waals surface area contributed by atoms with E-state index in [1.165, 1.54) is 48.0 Å². The number of hydrogen-bond donors (Lipinski definition) is 2. The Morgan fingerprint density at radius 1 is 1.14 bits per heavy atom. The van der Waals surface area contributed by atoms with Gasteiger partial charge in [-0.15, -0.1) is 0 Å². The number of benzene rings is 2. The van der Waals surface area contributed by atoms with Gasteiger partial charge in [-0.3, -0.25) is 19.1 Å². The first kappa shape index (κ1) is 19.8. The Morgan fingerprint density at radius 2 is 1.79 bits per heavy atom. The van der Waals surface area contributed by atoms with Gasteiger partial charge in [-0.25, -0.2) is 9.18 Å². The molecule has 1 amide bonds. The fraction of sp³-hybridized carbons (Fsp3) is 0.0952. The van der Waals surface area contributed by atoms with Crippen LogP contribution in [0.1, 0.15) is 11.1 Å². The standard InChI is InChI=1S/C21H19FN4O3/c1-25(17(27)12-9-14-7-10-16(22)11-8-14)18-19(23)26(21(29)24-20(18)28)13-15-5-3-2-4-6-15/h2-12H,13,23H2,1H3,(H,24,28,29)/b12-9+. The van der Waals surface area contributed by atoms with Gasteiger partial charge in [-0.05, 0) is 29.3 Å². The molecule has 2 aromatic carbocycles. The van der Waals surface area contributed by atoms with Crippen LogP contribution in [0, 0.1) is 5.82 Å². The molecule has 8 heteroatoms. The highest BCUT2D eigenvalue weighted by Crippen LogP contribution is 2.17. The third-order valence-corrected chi connectivity index (χ3v) is 4.35. The largest absolute Gasteiger partial charge is 0.383 e. The van der Waals surface area contributed by atoms with Crippen molar-refractivity contribution in [3.63, 3.8) is 0 Å². The van der Waals surface area contributed by atoms with Crippen LogP contribution >= 0.6 is 0 Å². The van der Waals surface area contributed by atoms with Gasteiger partial charge in [0.1, 0.15) is 11.6 Å². The van der Waals surface area contributed by atoms with E-state index in [2.05, 4.69) is 4.98 Å². The van der Waals surface area contributed by atoms with Crippen molar-refractivity contribution in [3.05, 3.63) is 98.5 Å². The number of halogens is 1. The molecule has 0 unspecified atom stereocenters. The highest BCUT2D eigenvalue weighted by atomic mass is 19.1. The third-order valence-electron chi connectivity index (χ3n) is 4.35. The van der Waals surface area contributed by atoms with Crippen molar-refractivity contribution in [2.24, 2.45) is 0 Å². The van der Waals surface area contributed by atoms with Crippen LogP contribution in [0.5, 0.6) is 0 Å². The Kier molecular flexibility index (Phi) is 5.73. The number of likely N-dealkylation sites (N-methyl/N-ethyl adjacent to an activating group) is 1. The molecule has 0 radical (unpaired) electrons. The monoisotopic (exact) mass is 394 g/mol. The van der Waals surface area contributed by atoms with Crippen LogP contribution < -0.4 is 21.9 Å². The summed E-state index contributed by atoms with van der Waals surface area (Å²) in [6.45, 7) is 0.142. The summed E-state index contributed by atoms with van der Waals surface area (Å²) in [5.41, 5.74) is 5.95. The predicted molar refractivity (Wildman–Crippen MR) is 110 cm³/mol. The fourth-order valence-electron chi connectivity index (χ4n) is 2.79. The molecule has 148 valence electrons. The summed E-state index contributed by atoms with van der Waals surface area (Å²) in [4.78, 5) is 40.3. The van der Waals surface area contributed by atoms with E-state index in [-0.39, 0.29) is 23.9 Å². The maximum atomic E-state index is 13.0. The summed E-state index contributed by atoms with van der Waals surface area (Å²) < 4.78 is 14.2. The lowest BCUT2D eigenvalue weighted by Crippen LogP contribution is -2.39. The number of anilines is 2. The van der Waals surface area contributed by atoms with E-state index in [1.54, 1.807) is 0 Å². The number of amides is 1. The molecule has 1 heterocycles. The summed E-state index contributed by atoms with van der Waals surface area (Å²) in [6.07, 6.45) is 2.72. The molecule has 0 fully saturated rings. The first-order valence-corrected chi connectivity index (χ1v) is 8.74. The van der Waals surface area contributed by atoms with Crippen LogP contribution in [0.2, 0.25) is 0 Å². The second-order valence-corrected chi connectivity index (χ2v) is 6.35. The van der Waals surface area contributed by atoms with E-state index in [1.807, 2.05) is 30.3 Å². The molecule has 0 spiro atoms. The number of nitrogens with two attached hydrogens (primary N) is 1. The number of H-pyrrole nitrogens is 1. The van der Waals surface area contributed by atoms with Gasteiger partial charge in [0.25, 0.3) is 11.5 Å². The predicted octanol–water partition coefficient (Wildman–Crippen LogP) is 1.98. The first-order chi connectivity index (χ1) is 13.9. The van der Waals surface area contributed by atoms with Crippen molar-refractivity contribution >= 4 is 23.5 Å². The summed E-state index contributed by atoms with van der Waals surface area (Å²) >= 11 is 0. The lowest BCUT2D eigenvalue weighted by atomic mass is 10.2. The van der Waals surface area contributed by atoms with Gasteiger partial charge in [-0.2, -0.15) is 0 Å². The van der Waals surface area contributed by atoms with E-state index in [4.69, 9.17) is 5.73 Å². The van der Waals surface area contributed by atoms with Crippen molar-refractivity contribution in [2.75, 3.05) is 17.7 Å². The summed E-state index contributed by atoms with van der Waals surface area (Å²) in [7, 11) is 1.38. The molecule has 3 aromatic rings. The van der Waals surface area contributed by atoms with Crippen LogP contribution in [0.25, 0.3) is 6.08 Å². The van der Waals surface area contributed by atoms with Gasteiger partial charge in [-0.1, -0.05) is 42.5 Å². The average molecular weight is 394 g/mol. The van der Waals surface area contributed by atoms with Gasteiger partial charge in [0, 0.05) is 13.1 Å². The summed E-state index contributed by atoms with van der Waals surface area (Å²) in [5.74, 6) is -1.03. The molecule has 3 N–H and O–H groups in total. The Hall–Kier alpha value is -3.94. The molecule has 0 aliphatic heterocycles. The SMILES string of the molecule is CN(C(=O)/C=C/c1ccc(F)cc1)c1c(N)n(Cc2ccccc2)c(=O)[nH]c1=O. The van der Waals surface area contributed by atoms with Gasteiger partial charge in [0.2, 0.25) is 0 Å². The number of hydrogen-bond acceptors (Lipinski definition) is 4. The summed E-state index contributed by atoms with van der Waals surface area (Å²) in [5, 5.41) is 0. The number of aromatic amines is 1. The number of rotatable bonds is 5.